The van der Waals surface area contributed by atoms with E-state index in [9.17, 15) is 0 Å². The third-order valence-corrected chi connectivity index (χ3v) is 3.45. The largest absolute Gasteiger partial charge is 0.486 e. The average molecular weight is 234 g/mol. The summed E-state index contributed by atoms with van der Waals surface area (Å²) in [5.74, 6) is 2.37. The molecule has 1 heterocycles. The molecule has 0 amide bonds. The van der Waals surface area contributed by atoms with Gasteiger partial charge in [0.25, 0.3) is 0 Å². The van der Waals surface area contributed by atoms with Gasteiger partial charge >= 0.3 is 0 Å². The maximum Gasteiger partial charge on any atom is 0.163 e. The number of nitrogen functional groups attached to an aromatic ring is 1. The summed E-state index contributed by atoms with van der Waals surface area (Å²) in [6.45, 7) is 3.47. The van der Waals surface area contributed by atoms with Crippen LogP contribution in [0.3, 0.4) is 0 Å². The number of nitrogens with two attached hydrogens (primary N) is 1. The van der Waals surface area contributed by atoms with Crippen LogP contribution >= 0.6 is 0 Å². The zero-order valence-electron chi connectivity index (χ0n) is 10.0. The molecule has 2 aliphatic rings. The number of fused-ring (bicyclic) bond motifs is 1. The quantitative estimate of drug-likeness (QED) is 0.771. The second kappa shape index (κ2) is 4.02. The predicted octanol–water partition coefficient (Wildman–Crippen LogP) is 2.25. The van der Waals surface area contributed by atoms with Crippen molar-refractivity contribution in [1.82, 2.24) is 0 Å². The number of hydrogen-bond acceptors (Lipinski definition) is 4. The maximum absolute atomic E-state index is 6.01. The molecule has 0 saturated heterocycles. The van der Waals surface area contributed by atoms with Gasteiger partial charge in [-0.3, -0.25) is 0 Å². The van der Waals surface area contributed by atoms with Crippen molar-refractivity contribution in [3.8, 4) is 11.5 Å². The summed E-state index contributed by atoms with van der Waals surface area (Å²) in [7, 11) is 0. The van der Waals surface area contributed by atoms with Crippen LogP contribution in [0, 0.1) is 5.92 Å². The standard InChI is InChI=1S/C13H18N2O2/c1-8-4-9(5-8)15-11-7-13-12(6-10(11)14)16-2-3-17-13/h6-9,15H,2-5,14H2,1H3. The Morgan fingerprint density at radius 3 is 2.47 bits per heavy atom. The van der Waals surface area contributed by atoms with Crippen LogP contribution in [0.2, 0.25) is 0 Å². The molecule has 0 aromatic heterocycles. The molecule has 3 rings (SSSR count). The van der Waals surface area contributed by atoms with Gasteiger partial charge in [0.1, 0.15) is 13.2 Å². The van der Waals surface area contributed by atoms with Gasteiger partial charge in [0.15, 0.2) is 11.5 Å². The summed E-state index contributed by atoms with van der Waals surface area (Å²) >= 11 is 0. The molecule has 0 radical (unpaired) electrons. The number of anilines is 2. The zero-order valence-corrected chi connectivity index (χ0v) is 10.0. The number of nitrogens with one attached hydrogen (secondary N) is 1. The molecule has 4 heteroatoms. The zero-order chi connectivity index (χ0) is 11.8. The van der Waals surface area contributed by atoms with Crippen LogP contribution in [0.5, 0.6) is 11.5 Å². The molecule has 4 nitrogen and oxygen atoms in total. The minimum absolute atomic E-state index is 0.551. The highest BCUT2D eigenvalue weighted by Gasteiger charge is 2.26. The Kier molecular flexibility index (Phi) is 2.50. The highest BCUT2D eigenvalue weighted by molar-refractivity contribution is 5.72. The van der Waals surface area contributed by atoms with Crippen molar-refractivity contribution >= 4 is 11.4 Å². The van der Waals surface area contributed by atoms with Gasteiger partial charge in [-0.15, -0.1) is 0 Å². The molecule has 3 N–H and O–H groups in total. The number of benzene rings is 1. The van der Waals surface area contributed by atoms with Crippen molar-refractivity contribution in [2.24, 2.45) is 5.92 Å². The Morgan fingerprint density at radius 2 is 1.82 bits per heavy atom. The molecule has 1 aromatic carbocycles. The Labute approximate surface area is 101 Å². The molecule has 1 aliphatic carbocycles. The lowest BCUT2D eigenvalue weighted by Crippen LogP contribution is -2.34. The second-order valence-electron chi connectivity index (χ2n) is 5.00. The minimum atomic E-state index is 0.551. The van der Waals surface area contributed by atoms with Gasteiger partial charge in [-0.2, -0.15) is 0 Å². The Balaban J connectivity index is 1.79. The normalized spacial score (nSPS) is 26.2. The lowest BCUT2D eigenvalue weighted by molar-refractivity contribution is 0.172. The summed E-state index contributed by atoms with van der Waals surface area (Å²) in [6, 6.07) is 4.35. The molecule has 1 aromatic rings. The van der Waals surface area contributed by atoms with Gasteiger partial charge < -0.3 is 20.5 Å². The second-order valence-corrected chi connectivity index (χ2v) is 5.00. The lowest BCUT2D eigenvalue weighted by Gasteiger charge is -2.34. The van der Waals surface area contributed by atoms with Crippen LogP contribution in [-0.4, -0.2) is 19.3 Å². The molecule has 1 fully saturated rings. The summed E-state index contributed by atoms with van der Waals surface area (Å²) in [5.41, 5.74) is 7.70. The molecule has 92 valence electrons. The van der Waals surface area contributed by atoms with Crippen molar-refractivity contribution in [2.75, 3.05) is 24.3 Å². The fourth-order valence-electron chi connectivity index (χ4n) is 2.47. The maximum atomic E-state index is 6.01. The molecule has 0 atom stereocenters. The van der Waals surface area contributed by atoms with E-state index in [0.717, 1.165) is 28.8 Å². The first-order chi connectivity index (χ1) is 8.22. The molecular formula is C13H18N2O2. The Bertz CT molecular complexity index is 428. The smallest absolute Gasteiger partial charge is 0.163 e. The van der Waals surface area contributed by atoms with Crippen molar-refractivity contribution in [2.45, 2.75) is 25.8 Å². The van der Waals surface area contributed by atoms with Gasteiger partial charge in [-0.05, 0) is 18.8 Å². The van der Waals surface area contributed by atoms with E-state index in [1.165, 1.54) is 12.8 Å². The monoisotopic (exact) mass is 234 g/mol. The Morgan fingerprint density at radius 1 is 1.18 bits per heavy atom. The first kappa shape index (κ1) is 10.6. The fraction of sp³-hybridized carbons (Fsp3) is 0.538. The lowest BCUT2D eigenvalue weighted by atomic mass is 9.82. The van der Waals surface area contributed by atoms with Crippen molar-refractivity contribution < 1.29 is 9.47 Å². The SMILES string of the molecule is CC1CC(Nc2cc3c(cc2N)OCCO3)C1. The van der Waals surface area contributed by atoms with Crippen LogP contribution in [-0.2, 0) is 0 Å². The van der Waals surface area contributed by atoms with Crippen LogP contribution < -0.4 is 20.5 Å². The third-order valence-electron chi connectivity index (χ3n) is 3.45. The van der Waals surface area contributed by atoms with Crippen LogP contribution in [0.1, 0.15) is 19.8 Å². The molecule has 0 spiro atoms. The van der Waals surface area contributed by atoms with Gasteiger partial charge in [0, 0.05) is 18.2 Å². The van der Waals surface area contributed by atoms with Crippen molar-refractivity contribution in [1.29, 1.82) is 0 Å². The molecule has 0 bridgehead atoms. The molecule has 1 saturated carbocycles. The number of ether oxygens (including phenoxy) is 2. The Hall–Kier alpha value is -1.58. The minimum Gasteiger partial charge on any atom is -0.486 e. The fourth-order valence-corrected chi connectivity index (χ4v) is 2.47. The van der Waals surface area contributed by atoms with E-state index < -0.39 is 0 Å². The van der Waals surface area contributed by atoms with E-state index in [0.29, 0.717) is 19.3 Å². The van der Waals surface area contributed by atoms with E-state index in [1.54, 1.807) is 0 Å². The number of rotatable bonds is 2. The van der Waals surface area contributed by atoms with Crippen LogP contribution in [0.4, 0.5) is 11.4 Å². The summed E-state index contributed by atoms with van der Waals surface area (Å²) in [4.78, 5) is 0. The summed E-state index contributed by atoms with van der Waals surface area (Å²) in [5, 5.41) is 3.47. The van der Waals surface area contributed by atoms with Gasteiger partial charge in [0.2, 0.25) is 0 Å². The highest BCUT2D eigenvalue weighted by atomic mass is 16.6. The van der Waals surface area contributed by atoms with Gasteiger partial charge in [0.05, 0.1) is 11.4 Å². The van der Waals surface area contributed by atoms with Gasteiger partial charge in [-0.25, -0.2) is 0 Å². The first-order valence-corrected chi connectivity index (χ1v) is 6.18. The van der Waals surface area contributed by atoms with Crippen molar-refractivity contribution in [3.63, 3.8) is 0 Å². The highest BCUT2D eigenvalue weighted by Crippen LogP contribution is 2.39. The van der Waals surface area contributed by atoms with E-state index in [1.807, 2.05) is 12.1 Å². The molecule has 17 heavy (non-hydrogen) atoms. The first-order valence-electron chi connectivity index (χ1n) is 6.18. The third kappa shape index (κ3) is 1.99. The molecule has 0 unspecified atom stereocenters. The average Bonchev–Trinajstić information content (AvgIpc) is 2.28. The van der Waals surface area contributed by atoms with Crippen LogP contribution in [0.15, 0.2) is 12.1 Å². The summed E-state index contributed by atoms with van der Waals surface area (Å²) in [6.07, 6.45) is 2.43. The van der Waals surface area contributed by atoms with E-state index >= 15 is 0 Å². The van der Waals surface area contributed by atoms with Gasteiger partial charge in [-0.1, -0.05) is 6.92 Å². The summed E-state index contributed by atoms with van der Waals surface area (Å²) < 4.78 is 11.0. The number of hydrogen-bond donors (Lipinski definition) is 2. The topological polar surface area (TPSA) is 56.5 Å². The van der Waals surface area contributed by atoms with E-state index in [-0.39, 0.29) is 0 Å². The predicted molar refractivity (Wildman–Crippen MR) is 67.7 cm³/mol. The van der Waals surface area contributed by atoms with E-state index in [4.69, 9.17) is 15.2 Å². The van der Waals surface area contributed by atoms with Crippen molar-refractivity contribution in [3.05, 3.63) is 12.1 Å². The van der Waals surface area contributed by atoms with Crippen LogP contribution in [0.25, 0.3) is 0 Å². The van der Waals surface area contributed by atoms with E-state index in [2.05, 4.69) is 12.2 Å². The molecular weight excluding hydrogens is 216 g/mol. The molecule has 1 aliphatic heterocycles.